The molecule has 0 aliphatic heterocycles. The van der Waals surface area contributed by atoms with E-state index in [0.717, 1.165) is 29.4 Å². The largest absolute Gasteiger partial charge is 0.497 e. The van der Waals surface area contributed by atoms with E-state index in [9.17, 15) is 0 Å². The molecule has 1 aliphatic carbocycles. The van der Waals surface area contributed by atoms with Crippen LogP contribution in [0.5, 0.6) is 5.75 Å². The van der Waals surface area contributed by atoms with Crippen molar-refractivity contribution in [2.45, 2.75) is 25.4 Å². The van der Waals surface area contributed by atoms with E-state index in [4.69, 9.17) is 16.3 Å². The van der Waals surface area contributed by atoms with Crippen molar-refractivity contribution < 1.29 is 4.74 Å². The second-order valence-electron chi connectivity index (χ2n) is 4.35. The van der Waals surface area contributed by atoms with Crippen molar-refractivity contribution in [3.63, 3.8) is 0 Å². The molecule has 1 aromatic carbocycles. The molecule has 0 amide bonds. The molecular weight excluding hydrogens is 302 g/mol. The zero-order valence-corrected chi connectivity index (χ0v) is 12.3. The van der Waals surface area contributed by atoms with Crippen LogP contribution in [0.25, 0.3) is 0 Å². The SMILES string of the molecule is COc1ccc(Br)c(CN(CCCl)C2CC2)c1. The maximum Gasteiger partial charge on any atom is 0.119 e. The van der Waals surface area contributed by atoms with Crippen LogP contribution in [-0.2, 0) is 6.54 Å². The van der Waals surface area contributed by atoms with Gasteiger partial charge in [-0.3, -0.25) is 4.90 Å². The van der Waals surface area contributed by atoms with E-state index in [0.29, 0.717) is 5.88 Å². The van der Waals surface area contributed by atoms with Crippen LogP contribution in [0, 0.1) is 0 Å². The Morgan fingerprint density at radius 1 is 1.47 bits per heavy atom. The zero-order valence-electron chi connectivity index (χ0n) is 9.96. The van der Waals surface area contributed by atoms with Crippen LogP contribution >= 0.6 is 27.5 Å². The number of alkyl halides is 1. The highest BCUT2D eigenvalue weighted by Crippen LogP contribution is 2.30. The van der Waals surface area contributed by atoms with Gasteiger partial charge in [0, 0.05) is 29.5 Å². The summed E-state index contributed by atoms with van der Waals surface area (Å²) in [6.07, 6.45) is 2.61. The molecule has 0 unspecified atom stereocenters. The highest BCUT2D eigenvalue weighted by atomic mass is 79.9. The quantitative estimate of drug-likeness (QED) is 0.742. The molecule has 0 saturated heterocycles. The molecule has 1 fully saturated rings. The summed E-state index contributed by atoms with van der Waals surface area (Å²) in [5.41, 5.74) is 1.27. The number of ether oxygens (including phenoxy) is 1. The first-order chi connectivity index (χ1) is 8.24. The fraction of sp³-hybridized carbons (Fsp3) is 0.538. The van der Waals surface area contributed by atoms with E-state index in [-0.39, 0.29) is 0 Å². The van der Waals surface area contributed by atoms with Gasteiger partial charge in [-0.2, -0.15) is 0 Å². The average Bonchev–Trinajstić information content (AvgIpc) is 3.15. The molecule has 0 radical (unpaired) electrons. The molecule has 2 rings (SSSR count). The summed E-state index contributed by atoms with van der Waals surface area (Å²) < 4.78 is 6.40. The summed E-state index contributed by atoms with van der Waals surface area (Å²) in [6.45, 7) is 1.89. The third-order valence-electron chi connectivity index (χ3n) is 3.06. The smallest absolute Gasteiger partial charge is 0.119 e. The van der Waals surface area contributed by atoms with Crippen molar-refractivity contribution in [2.75, 3.05) is 19.5 Å². The van der Waals surface area contributed by atoms with Gasteiger partial charge in [0.05, 0.1) is 7.11 Å². The molecule has 4 heteroatoms. The number of halogens is 2. The highest BCUT2D eigenvalue weighted by Gasteiger charge is 2.28. The van der Waals surface area contributed by atoms with Crippen LogP contribution in [0.15, 0.2) is 22.7 Å². The van der Waals surface area contributed by atoms with Crippen LogP contribution in [0.2, 0.25) is 0 Å². The highest BCUT2D eigenvalue weighted by molar-refractivity contribution is 9.10. The lowest BCUT2D eigenvalue weighted by Crippen LogP contribution is -2.27. The molecular formula is C13H17BrClNO. The Balaban J connectivity index is 2.09. The molecule has 17 heavy (non-hydrogen) atoms. The van der Waals surface area contributed by atoms with Crippen LogP contribution in [-0.4, -0.2) is 30.5 Å². The summed E-state index contributed by atoms with van der Waals surface area (Å²) in [6, 6.07) is 6.83. The lowest BCUT2D eigenvalue weighted by atomic mass is 10.2. The summed E-state index contributed by atoms with van der Waals surface area (Å²) in [4.78, 5) is 2.45. The third kappa shape index (κ3) is 3.60. The Labute approximate surface area is 116 Å². The summed E-state index contributed by atoms with van der Waals surface area (Å²) in [5.74, 6) is 1.60. The first-order valence-corrected chi connectivity index (χ1v) is 7.19. The molecule has 0 N–H and O–H groups in total. The van der Waals surface area contributed by atoms with Crippen LogP contribution < -0.4 is 4.74 Å². The summed E-state index contributed by atoms with van der Waals surface area (Å²) in [5, 5.41) is 0. The number of methoxy groups -OCH3 is 1. The van der Waals surface area contributed by atoms with Crippen molar-refractivity contribution in [2.24, 2.45) is 0 Å². The van der Waals surface area contributed by atoms with E-state index in [1.54, 1.807) is 7.11 Å². The monoisotopic (exact) mass is 317 g/mol. The molecule has 0 bridgehead atoms. The predicted molar refractivity (Wildman–Crippen MR) is 74.8 cm³/mol. The van der Waals surface area contributed by atoms with Gasteiger partial charge in [-0.05, 0) is 36.6 Å². The second kappa shape index (κ2) is 6.07. The van der Waals surface area contributed by atoms with Gasteiger partial charge in [0.2, 0.25) is 0 Å². The number of rotatable bonds is 6. The van der Waals surface area contributed by atoms with Gasteiger partial charge < -0.3 is 4.74 Å². The molecule has 2 nitrogen and oxygen atoms in total. The number of hydrogen-bond acceptors (Lipinski definition) is 2. The minimum Gasteiger partial charge on any atom is -0.497 e. The number of nitrogens with zero attached hydrogens (tertiary/aromatic N) is 1. The number of hydrogen-bond donors (Lipinski definition) is 0. The Hall–Kier alpha value is -0.250. The van der Waals surface area contributed by atoms with E-state index >= 15 is 0 Å². The molecule has 1 aromatic rings. The van der Waals surface area contributed by atoms with E-state index in [1.165, 1.54) is 18.4 Å². The summed E-state index contributed by atoms with van der Waals surface area (Å²) >= 11 is 9.45. The van der Waals surface area contributed by atoms with Crippen molar-refractivity contribution in [3.05, 3.63) is 28.2 Å². The normalized spacial score (nSPS) is 15.3. The van der Waals surface area contributed by atoms with Crippen molar-refractivity contribution in [3.8, 4) is 5.75 Å². The molecule has 1 aliphatic rings. The van der Waals surface area contributed by atoms with E-state index in [2.05, 4.69) is 26.9 Å². The van der Waals surface area contributed by atoms with Gasteiger partial charge in [0.25, 0.3) is 0 Å². The van der Waals surface area contributed by atoms with E-state index < -0.39 is 0 Å². The van der Waals surface area contributed by atoms with Gasteiger partial charge in [-0.1, -0.05) is 15.9 Å². The van der Waals surface area contributed by atoms with Crippen LogP contribution in [0.4, 0.5) is 0 Å². The topological polar surface area (TPSA) is 12.5 Å². The van der Waals surface area contributed by atoms with Crippen LogP contribution in [0.1, 0.15) is 18.4 Å². The minimum atomic E-state index is 0.693. The van der Waals surface area contributed by atoms with Gasteiger partial charge in [-0.25, -0.2) is 0 Å². The Bertz CT molecular complexity index is 382. The Morgan fingerprint density at radius 2 is 2.24 bits per heavy atom. The fourth-order valence-electron chi connectivity index (χ4n) is 1.96. The van der Waals surface area contributed by atoms with Crippen molar-refractivity contribution >= 4 is 27.5 Å². The molecule has 0 aromatic heterocycles. The molecule has 1 saturated carbocycles. The van der Waals surface area contributed by atoms with Crippen molar-refractivity contribution in [1.82, 2.24) is 4.90 Å². The first-order valence-electron chi connectivity index (χ1n) is 5.87. The zero-order chi connectivity index (χ0) is 12.3. The third-order valence-corrected chi connectivity index (χ3v) is 4.00. The fourth-order valence-corrected chi connectivity index (χ4v) is 2.55. The van der Waals surface area contributed by atoms with Gasteiger partial charge in [-0.15, -0.1) is 11.6 Å². The Kier molecular flexibility index (Phi) is 4.71. The lowest BCUT2D eigenvalue weighted by Gasteiger charge is -2.21. The molecule has 0 spiro atoms. The van der Waals surface area contributed by atoms with Gasteiger partial charge in [0.1, 0.15) is 5.75 Å². The predicted octanol–water partition coefficient (Wildman–Crippen LogP) is 3.66. The lowest BCUT2D eigenvalue weighted by molar-refractivity contribution is 0.270. The molecule has 0 heterocycles. The van der Waals surface area contributed by atoms with Gasteiger partial charge >= 0.3 is 0 Å². The minimum absolute atomic E-state index is 0.693. The maximum atomic E-state index is 5.85. The first kappa shape index (κ1) is 13.2. The van der Waals surface area contributed by atoms with E-state index in [1.807, 2.05) is 12.1 Å². The standard InChI is InChI=1S/C13H17BrClNO/c1-17-12-4-5-13(14)10(8-12)9-16(7-6-15)11-2-3-11/h4-5,8,11H,2-3,6-7,9H2,1H3. The molecule has 0 atom stereocenters. The maximum absolute atomic E-state index is 5.85. The summed E-state index contributed by atoms with van der Waals surface area (Å²) in [7, 11) is 1.70. The number of benzene rings is 1. The average molecular weight is 319 g/mol. The molecule has 94 valence electrons. The van der Waals surface area contributed by atoms with Crippen molar-refractivity contribution in [1.29, 1.82) is 0 Å². The Morgan fingerprint density at radius 3 is 2.82 bits per heavy atom. The van der Waals surface area contributed by atoms with Crippen LogP contribution in [0.3, 0.4) is 0 Å². The second-order valence-corrected chi connectivity index (χ2v) is 5.58. The van der Waals surface area contributed by atoms with Gasteiger partial charge in [0.15, 0.2) is 0 Å².